The Labute approximate surface area is 168 Å². The number of hydrogen-bond donors (Lipinski definition) is 2. The van der Waals surface area contributed by atoms with Crippen LogP contribution in [0.2, 0.25) is 0 Å². The van der Waals surface area contributed by atoms with Gasteiger partial charge in [-0.2, -0.15) is 4.31 Å². The number of carbonyl (C=O) groups is 2. The molecule has 1 heterocycles. The minimum atomic E-state index is -3.85. The average molecular weight is 419 g/mol. The van der Waals surface area contributed by atoms with E-state index in [-0.39, 0.29) is 17.0 Å². The molecule has 29 heavy (non-hydrogen) atoms. The summed E-state index contributed by atoms with van der Waals surface area (Å²) in [5.74, 6) is -1.72. The fourth-order valence-electron chi connectivity index (χ4n) is 3.18. The van der Waals surface area contributed by atoms with E-state index in [1.807, 2.05) is 6.92 Å². The van der Waals surface area contributed by atoms with Crippen LogP contribution in [0.5, 0.6) is 0 Å². The van der Waals surface area contributed by atoms with Gasteiger partial charge in [-0.1, -0.05) is 24.1 Å². The largest absolute Gasteiger partial charge is 0.271 e. The molecule has 1 saturated heterocycles. The van der Waals surface area contributed by atoms with Gasteiger partial charge in [-0.3, -0.25) is 20.4 Å². The zero-order valence-electron chi connectivity index (χ0n) is 15.9. The summed E-state index contributed by atoms with van der Waals surface area (Å²) in [5, 5.41) is 0. The Morgan fingerprint density at radius 1 is 1.00 bits per heavy atom. The second-order valence-corrected chi connectivity index (χ2v) is 8.78. The van der Waals surface area contributed by atoms with Crippen LogP contribution in [-0.2, 0) is 14.8 Å². The molecule has 0 aromatic heterocycles. The number of rotatable bonds is 4. The number of hydrogen-bond acceptors (Lipinski definition) is 4. The maximum atomic E-state index is 13.0. The first-order valence-corrected chi connectivity index (χ1v) is 10.7. The summed E-state index contributed by atoms with van der Waals surface area (Å²) in [7, 11) is -3.85. The van der Waals surface area contributed by atoms with Crippen LogP contribution in [0.3, 0.4) is 0 Å². The number of sulfonamides is 1. The lowest BCUT2D eigenvalue weighted by Gasteiger charge is -2.33. The van der Waals surface area contributed by atoms with E-state index in [4.69, 9.17) is 0 Å². The van der Waals surface area contributed by atoms with E-state index in [0.717, 1.165) is 17.7 Å². The van der Waals surface area contributed by atoms with Crippen molar-refractivity contribution in [2.45, 2.75) is 37.1 Å². The van der Waals surface area contributed by atoms with Gasteiger partial charge in [0.1, 0.15) is 11.9 Å². The number of piperidine rings is 1. The van der Waals surface area contributed by atoms with Crippen LogP contribution in [0.25, 0.3) is 0 Å². The highest BCUT2D eigenvalue weighted by Crippen LogP contribution is 2.25. The Morgan fingerprint density at radius 3 is 2.31 bits per heavy atom. The quantitative estimate of drug-likeness (QED) is 0.743. The molecule has 7 nitrogen and oxygen atoms in total. The number of nitrogens with one attached hydrogen (secondary N) is 2. The van der Waals surface area contributed by atoms with Crippen molar-refractivity contribution in [1.82, 2.24) is 15.2 Å². The molecule has 0 unspecified atom stereocenters. The maximum absolute atomic E-state index is 13.0. The van der Waals surface area contributed by atoms with Crippen molar-refractivity contribution in [2.24, 2.45) is 0 Å². The first-order valence-electron chi connectivity index (χ1n) is 9.23. The van der Waals surface area contributed by atoms with E-state index >= 15 is 0 Å². The van der Waals surface area contributed by atoms with E-state index < -0.39 is 33.7 Å². The summed E-state index contributed by atoms with van der Waals surface area (Å²) in [5.41, 5.74) is 5.64. The molecule has 3 rings (SSSR count). The number of carbonyl (C=O) groups excluding carboxylic acids is 2. The number of aryl methyl sites for hydroxylation is 1. The third-order valence-electron chi connectivity index (χ3n) is 4.79. The number of nitrogens with zero attached hydrogens (tertiary/aromatic N) is 1. The lowest BCUT2D eigenvalue weighted by atomic mass is 10.0. The fourth-order valence-corrected chi connectivity index (χ4v) is 4.83. The molecule has 0 bridgehead atoms. The molecule has 1 fully saturated rings. The van der Waals surface area contributed by atoms with Crippen molar-refractivity contribution < 1.29 is 22.4 Å². The Kier molecular flexibility index (Phi) is 6.29. The van der Waals surface area contributed by atoms with Crippen LogP contribution >= 0.6 is 0 Å². The Hall–Kier alpha value is -2.78. The van der Waals surface area contributed by atoms with Gasteiger partial charge in [0, 0.05) is 12.1 Å². The van der Waals surface area contributed by atoms with Gasteiger partial charge in [0.2, 0.25) is 10.0 Å². The van der Waals surface area contributed by atoms with Gasteiger partial charge in [-0.15, -0.1) is 0 Å². The highest BCUT2D eigenvalue weighted by Gasteiger charge is 2.37. The molecule has 9 heteroatoms. The van der Waals surface area contributed by atoms with Crippen molar-refractivity contribution in [3.05, 3.63) is 65.5 Å². The molecule has 0 radical (unpaired) electrons. The Balaban J connectivity index is 1.71. The zero-order valence-corrected chi connectivity index (χ0v) is 16.7. The first-order chi connectivity index (χ1) is 13.8. The highest BCUT2D eigenvalue weighted by atomic mass is 32.2. The van der Waals surface area contributed by atoms with E-state index in [2.05, 4.69) is 10.9 Å². The molecular formula is C20H22FN3O4S. The zero-order chi connectivity index (χ0) is 21.0. The van der Waals surface area contributed by atoms with Crippen molar-refractivity contribution >= 4 is 21.8 Å². The van der Waals surface area contributed by atoms with Gasteiger partial charge in [-0.25, -0.2) is 12.8 Å². The van der Waals surface area contributed by atoms with Crippen LogP contribution in [0.1, 0.15) is 35.2 Å². The smallest absolute Gasteiger partial charge is 0.269 e. The topological polar surface area (TPSA) is 95.6 Å². The summed E-state index contributed by atoms with van der Waals surface area (Å²) in [6.07, 6.45) is 1.70. The number of amides is 2. The molecule has 2 N–H and O–H groups in total. The van der Waals surface area contributed by atoms with Crippen molar-refractivity contribution in [2.75, 3.05) is 6.54 Å². The van der Waals surface area contributed by atoms with Crippen LogP contribution < -0.4 is 10.9 Å². The Bertz CT molecular complexity index is 991. The predicted octanol–water partition coefficient (Wildman–Crippen LogP) is 2.14. The normalized spacial score (nSPS) is 17.5. The summed E-state index contributed by atoms with van der Waals surface area (Å²) in [4.78, 5) is 24.9. The molecule has 2 amide bonds. The minimum Gasteiger partial charge on any atom is -0.271 e. The number of hydrazine groups is 1. The summed E-state index contributed by atoms with van der Waals surface area (Å²) in [6.45, 7) is 2.08. The van der Waals surface area contributed by atoms with E-state index in [9.17, 15) is 22.4 Å². The third kappa shape index (κ3) is 4.80. The first kappa shape index (κ1) is 20.9. The molecule has 2 aromatic carbocycles. The third-order valence-corrected chi connectivity index (χ3v) is 6.71. The van der Waals surface area contributed by atoms with E-state index in [1.54, 1.807) is 12.1 Å². The average Bonchev–Trinajstić information content (AvgIpc) is 2.72. The van der Waals surface area contributed by atoms with E-state index in [1.165, 1.54) is 28.6 Å². The highest BCUT2D eigenvalue weighted by molar-refractivity contribution is 7.89. The standard InChI is InChI=1S/C20H22FN3O4S/c1-14-5-11-17(12-6-14)29(27,28)24-13-3-2-4-18(24)20(26)23-22-19(25)15-7-9-16(21)10-8-15/h5-12,18H,2-4,13H2,1H3,(H,22,25)(H,23,26)/t18-/m1/s1. The van der Waals surface area contributed by atoms with Crippen molar-refractivity contribution in [3.63, 3.8) is 0 Å². The molecule has 1 atom stereocenters. The van der Waals surface area contributed by atoms with Crippen molar-refractivity contribution in [1.29, 1.82) is 0 Å². The van der Waals surface area contributed by atoms with Crippen molar-refractivity contribution in [3.8, 4) is 0 Å². The molecular weight excluding hydrogens is 397 g/mol. The lowest BCUT2D eigenvalue weighted by molar-refractivity contribution is -0.126. The molecule has 0 aliphatic carbocycles. The molecule has 1 aliphatic heterocycles. The maximum Gasteiger partial charge on any atom is 0.269 e. The van der Waals surface area contributed by atoms with Gasteiger partial charge < -0.3 is 0 Å². The molecule has 0 spiro atoms. The molecule has 1 aliphatic rings. The SMILES string of the molecule is Cc1ccc(S(=O)(=O)N2CCCC[C@@H]2C(=O)NNC(=O)c2ccc(F)cc2)cc1. The second kappa shape index (κ2) is 8.71. The summed E-state index contributed by atoms with van der Waals surface area (Å²) >= 11 is 0. The summed E-state index contributed by atoms with van der Waals surface area (Å²) in [6, 6.07) is 10.3. The van der Waals surface area contributed by atoms with Crippen LogP contribution in [-0.4, -0.2) is 37.1 Å². The minimum absolute atomic E-state index is 0.123. The van der Waals surface area contributed by atoms with Crippen LogP contribution in [0.15, 0.2) is 53.4 Å². The van der Waals surface area contributed by atoms with Crippen LogP contribution in [0, 0.1) is 12.7 Å². The Morgan fingerprint density at radius 2 is 1.66 bits per heavy atom. The second-order valence-electron chi connectivity index (χ2n) is 6.89. The molecule has 2 aromatic rings. The predicted molar refractivity (Wildman–Crippen MR) is 105 cm³/mol. The molecule has 0 saturated carbocycles. The lowest BCUT2D eigenvalue weighted by Crippen LogP contribution is -2.55. The number of benzene rings is 2. The van der Waals surface area contributed by atoms with E-state index in [0.29, 0.717) is 19.3 Å². The van der Waals surface area contributed by atoms with Crippen LogP contribution in [0.4, 0.5) is 4.39 Å². The van der Waals surface area contributed by atoms with Gasteiger partial charge in [0.15, 0.2) is 0 Å². The van der Waals surface area contributed by atoms with Gasteiger partial charge in [-0.05, 0) is 56.2 Å². The summed E-state index contributed by atoms with van der Waals surface area (Å²) < 4.78 is 40.2. The fraction of sp³-hybridized carbons (Fsp3) is 0.300. The number of halogens is 1. The van der Waals surface area contributed by atoms with Gasteiger partial charge in [0.05, 0.1) is 4.90 Å². The van der Waals surface area contributed by atoms with Gasteiger partial charge >= 0.3 is 0 Å². The monoisotopic (exact) mass is 419 g/mol. The van der Waals surface area contributed by atoms with Gasteiger partial charge in [0.25, 0.3) is 11.8 Å². The molecule has 154 valence electrons.